The number of halogens is 3. The van der Waals surface area contributed by atoms with Crippen LogP contribution in [0.2, 0.25) is 0 Å². The molecule has 0 aromatic carbocycles. The zero-order valence-electron chi connectivity index (χ0n) is 9.58. The van der Waals surface area contributed by atoms with Crippen LogP contribution in [0.3, 0.4) is 0 Å². The van der Waals surface area contributed by atoms with Crippen LogP contribution < -0.4 is 5.32 Å². The molecule has 1 rings (SSSR count). The summed E-state index contributed by atoms with van der Waals surface area (Å²) in [6.07, 6.45) is -3.31. The van der Waals surface area contributed by atoms with E-state index in [2.05, 4.69) is 20.0 Å². The van der Waals surface area contributed by atoms with Gasteiger partial charge in [-0.3, -0.25) is 4.98 Å². The van der Waals surface area contributed by atoms with Crippen LogP contribution in [0.4, 0.5) is 19.0 Å². The molecule has 0 aliphatic rings. The number of ether oxygens (including phenoxy) is 1. The number of nitrogens with one attached hydrogen (secondary N) is 1. The van der Waals surface area contributed by atoms with Gasteiger partial charge in [0, 0.05) is 6.54 Å². The lowest BCUT2D eigenvalue weighted by atomic mass is 10.4. The topological polar surface area (TPSA) is 47.0 Å². The predicted molar refractivity (Wildman–Crippen MR) is 56.5 cm³/mol. The SMILES string of the molecule is CCNc1cnc(COC(C)C(F)(F)F)cn1. The fourth-order valence-electron chi connectivity index (χ4n) is 1.01. The van der Waals surface area contributed by atoms with Crippen molar-refractivity contribution in [2.24, 2.45) is 0 Å². The van der Waals surface area contributed by atoms with E-state index in [4.69, 9.17) is 0 Å². The quantitative estimate of drug-likeness (QED) is 0.870. The Morgan fingerprint density at radius 3 is 2.53 bits per heavy atom. The van der Waals surface area contributed by atoms with E-state index in [1.165, 1.54) is 12.4 Å². The Balaban J connectivity index is 2.47. The minimum absolute atomic E-state index is 0.208. The molecule has 0 amide bonds. The molecule has 0 aliphatic heterocycles. The molecule has 1 heterocycles. The van der Waals surface area contributed by atoms with Crippen molar-refractivity contribution < 1.29 is 17.9 Å². The lowest BCUT2D eigenvalue weighted by Crippen LogP contribution is -2.28. The summed E-state index contributed by atoms with van der Waals surface area (Å²) in [5.74, 6) is 0.583. The van der Waals surface area contributed by atoms with E-state index in [1.54, 1.807) is 0 Å². The van der Waals surface area contributed by atoms with Crippen molar-refractivity contribution in [1.29, 1.82) is 0 Å². The molecular formula is C10H14F3N3O. The van der Waals surface area contributed by atoms with Crippen LogP contribution >= 0.6 is 0 Å². The van der Waals surface area contributed by atoms with Gasteiger partial charge in [0.05, 0.1) is 24.7 Å². The molecule has 1 atom stereocenters. The number of alkyl halides is 3. The largest absolute Gasteiger partial charge is 0.414 e. The zero-order chi connectivity index (χ0) is 12.9. The van der Waals surface area contributed by atoms with E-state index < -0.39 is 12.3 Å². The Morgan fingerprint density at radius 2 is 2.06 bits per heavy atom. The Bertz CT molecular complexity index is 340. The highest BCUT2D eigenvalue weighted by Crippen LogP contribution is 2.22. The first-order chi connectivity index (χ1) is 7.93. The maximum absolute atomic E-state index is 12.1. The smallest absolute Gasteiger partial charge is 0.369 e. The maximum atomic E-state index is 12.1. The summed E-state index contributed by atoms with van der Waals surface area (Å²) in [7, 11) is 0. The van der Waals surface area contributed by atoms with Crippen LogP contribution in [0.5, 0.6) is 0 Å². The second-order valence-electron chi connectivity index (χ2n) is 3.42. The summed E-state index contributed by atoms with van der Waals surface area (Å²) in [6.45, 7) is 3.36. The number of anilines is 1. The lowest BCUT2D eigenvalue weighted by Gasteiger charge is -2.15. The minimum atomic E-state index is -4.35. The molecule has 1 aromatic rings. The summed E-state index contributed by atoms with van der Waals surface area (Å²) in [5, 5.41) is 2.93. The number of aromatic nitrogens is 2. The van der Waals surface area contributed by atoms with Crippen molar-refractivity contribution >= 4 is 5.82 Å². The maximum Gasteiger partial charge on any atom is 0.414 e. The van der Waals surface area contributed by atoms with Gasteiger partial charge in [0.1, 0.15) is 5.82 Å². The van der Waals surface area contributed by atoms with Crippen LogP contribution in [0.1, 0.15) is 19.5 Å². The van der Waals surface area contributed by atoms with E-state index in [-0.39, 0.29) is 6.61 Å². The third-order valence-electron chi connectivity index (χ3n) is 2.01. The van der Waals surface area contributed by atoms with Gasteiger partial charge in [-0.05, 0) is 13.8 Å². The lowest BCUT2D eigenvalue weighted by molar-refractivity contribution is -0.217. The highest BCUT2D eigenvalue weighted by atomic mass is 19.4. The molecule has 0 spiro atoms. The highest BCUT2D eigenvalue weighted by Gasteiger charge is 2.36. The Hall–Kier alpha value is -1.37. The molecule has 17 heavy (non-hydrogen) atoms. The molecule has 0 bridgehead atoms. The first-order valence-corrected chi connectivity index (χ1v) is 5.16. The summed E-state index contributed by atoms with van der Waals surface area (Å²) in [5.41, 5.74) is 0.364. The third-order valence-corrected chi connectivity index (χ3v) is 2.01. The molecule has 1 aromatic heterocycles. The number of hydrogen-bond donors (Lipinski definition) is 1. The number of nitrogens with zero attached hydrogens (tertiary/aromatic N) is 2. The van der Waals surface area contributed by atoms with Gasteiger partial charge in [-0.2, -0.15) is 13.2 Å². The number of hydrogen-bond acceptors (Lipinski definition) is 4. The fourth-order valence-corrected chi connectivity index (χ4v) is 1.01. The second-order valence-corrected chi connectivity index (χ2v) is 3.42. The van der Waals surface area contributed by atoms with Crippen molar-refractivity contribution in [2.45, 2.75) is 32.7 Å². The minimum Gasteiger partial charge on any atom is -0.369 e. The van der Waals surface area contributed by atoms with Gasteiger partial charge < -0.3 is 10.1 Å². The zero-order valence-corrected chi connectivity index (χ0v) is 9.58. The summed E-state index contributed by atoms with van der Waals surface area (Å²) in [6, 6.07) is 0. The predicted octanol–water partition coefficient (Wildman–Crippen LogP) is 2.38. The average molecular weight is 249 g/mol. The van der Waals surface area contributed by atoms with Crippen LogP contribution in [0.15, 0.2) is 12.4 Å². The van der Waals surface area contributed by atoms with Crippen molar-refractivity contribution in [2.75, 3.05) is 11.9 Å². The van der Waals surface area contributed by atoms with Gasteiger partial charge in [0.25, 0.3) is 0 Å². The summed E-state index contributed by atoms with van der Waals surface area (Å²) < 4.78 is 41.1. The molecule has 0 fully saturated rings. The van der Waals surface area contributed by atoms with Gasteiger partial charge in [0.15, 0.2) is 6.10 Å². The Kier molecular flexibility index (Phi) is 4.68. The molecule has 0 aliphatic carbocycles. The van der Waals surface area contributed by atoms with Gasteiger partial charge in [-0.15, -0.1) is 0 Å². The van der Waals surface area contributed by atoms with E-state index in [0.29, 0.717) is 18.1 Å². The van der Waals surface area contributed by atoms with Crippen LogP contribution in [0.25, 0.3) is 0 Å². The van der Waals surface area contributed by atoms with E-state index in [9.17, 15) is 13.2 Å². The Labute approximate surface area is 97.2 Å². The van der Waals surface area contributed by atoms with E-state index >= 15 is 0 Å². The molecule has 96 valence electrons. The van der Waals surface area contributed by atoms with Gasteiger partial charge in [-0.1, -0.05) is 0 Å². The molecule has 0 radical (unpaired) electrons. The molecule has 0 saturated heterocycles. The number of rotatable bonds is 5. The molecular weight excluding hydrogens is 235 g/mol. The normalized spacial score (nSPS) is 13.5. The van der Waals surface area contributed by atoms with Crippen LogP contribution in [0, 0.1) is 0 Å². The van der Waals surface area contributed by atoms with Gasteiger partial charge in [0.2, 0.25) is 0 Å². The molecule has 4 nitrogen and oxygen atoms in total. The average Bonchev–Trinajstić information content (AvgIpc) is 2.27. The summed E-state index contributed by atoms with van der Waals surface area (Å²) in [4.78, 5) is 7.91. The highest BCUT2D eigenvalue weighted by molar-refractivity contribution is 5.30. The molecule has 7 heteroatoms. The van der Waals surface area contributed by atoms with Gasteiger partial charge >= 0.3 is 6.18 Å². The molecule has 1 N–H and O–H groups in total. The summed E-state index contributed by atoms with van der Waals surface area (Å²) >= 11 is 0. The third kappa shape index (κ3) is 4.56. The fraction of sp³-hybridized carbons (Fsp3) is 0.600. The van der Waals surface area contributed by atoms with Crippen molar-refractivity contribution in [1.82, 2.24) is 9.97 Å². The first-order valence-electron chi connectivity index (χ1n) is 5.16. The van der Waals surface area contributed by atoms with E-state index in [1.807, 2.05) is 6.92 Å². The Morgan fingerprint density at radius 1 is 1.35 bits per heavy atom. The van der Waals surface area contributed by atoms with Crippen LogP contribution in [-0.2, 0) is 11.3 Å². The van der Waals surface area contributed by atoms with Crippen molar-refractivity contribution in [3.8, 4) is 0 Å². The monoisotopic (exact) mass is 249 g/mol. The van der Waals surface area contributed by atoms with E-state index in [0.717, 1.165) is 6.92 Å². The van der Waals surface area contributed by atoms with Crippen molar-refractivity contribution in [3.05, 3.63) is 18.1 Å². The molecule has 0 saturated carbocycles. The standard InChI is InChI=1S/C10H14F3N3O/c1-3-14-9-5-15-8(4-16-9)6-17-7(2)10(11,12)13/h4-5,7H,3,6H2,1-2H3,(H,14,16). The van der Waals surface area contributed by atoms with Crippen LogP contribution in [-0.4, -0.2) is 28.8 Å². The van der Waals surface area contributed by atoms with Gasteiger partial charge in [-0.25, -0.2) is 4.98 Å². The molecule has 1 unspecified atom stereocenters. The second kappa shape index (κ2) is 5.81. The first kappa shape index (κ1) is 13.7. The van der Waals surface area contributed by atoms with Crippen molar-refractivity contribution in [3.63, 3.8) is 0 Å².